The number of alkyl halides is 3. The van der Waals surface area contributed by atoms with Crippen LogP contribution in [0.1, 0.15) is 35.5 Å². The van der Waals surface area contributed by atoms with Crippen LogP contribution in [0.3, 0.4) is 0 Å². The summed E-state index contributed by atoms with van der Waals surface area (Å²) in [6.07, 6.45) is -2.25. The molecule has 8 nitrogen and oxygen atoms in total. The summed E-state index contributed by atoms with van der Waals surface area (Å²) in [6, 6.07) is 5.23. The lowest BCUT2D eigenvalue weighted by Crippen LogP contribution is -2.45. The van der Waals surface area contributed by atoms with E-state index in [0.717, 1.165) is 6.07 Å². The molecule has 3 aromatic rings. The number of benzene rings is 1. The van der Waals surface area contributed by atoms with Gasteiger partial charge in [0, 0.05) is 44.9 Å². The maximum absolute atomic E-state index is 13.8. The Kier molecular flexibility index (Phi) is 7.21. The number of anilines is 1. The number of hydrogen-bond donors (Lipinski definition) is 1. The summed E-state index contributed by atoms with van der Waals surface area (Å²) in [7, 11) is 0.494. The summed E-state index contributed by atoms with van der Waals surface area (Å²) in [5.74, 6) is 0.906. The molecular formula is C25H30F3N6O2P. The Morgan fingerprint density at radius 1 is 1.16 bits per heavy atom. The lowest BCUT2D eigenvalue weighted by molar-refractivity contribution is -0.138. The first-order valence-electron chi connectivity index (χ1n) is 11.9. The molecule has 1 atom stereocenters. The van der Waals surface area contributed by atoms with Gasteiger partial charge in [0.05, 0.1) is 23.3 Å². The van der Waals surface area contributed by atoms with Crippen LogP contribution in [0.15, 0.2) is 30.5 Å². The van der Waals surface area contributed by atoms with Gasteiger partial charge in [0.1, 0.15) is 24.2 Å². The number of carbonyl (C=O) groups is 1. The van der Waals surface area contributed by atoms with Gasteiger partial charge in [0.25, 0.3) is 0 Å². The molecule has 2 aromatic heterocycles. The maximum Gasteiger partial charge on any atom is 0.416 e. The number of halogens is 3. The van der Waals surface area contributed by atoms with Crippen molar-refractivity contribution in [2.75, 3.05) is 44.8 Å². The quantitative estimate of drug-likeness (QED) is 0.483. The predicted molar refractivity (Wildman–Crippen MR) is 138 cm³/mol. The second kappa shape index (κ2) is 9.93. The first-order valence-corrected chi connectivity index (χ1v) is 14.0. The highest BCUT2D eigenvalue weighted by atomic mass is 31.2. The number of fused-ring (bicyclic) bond motifs is 1. The molecule has 0 unspecified atom stereocenters. The van der Waals surface area contributed by atoms with E-state index < -0.39 is 24.9 Å². The minimum atomic E-state index is -4.45. The molecular weight excluding hydrogens is 504 g/mol. The number of rotatable bonds is 4. The Balaban J connectivity index is 1.66. The predicted octanol–water partition coefficient (Wildman–Crippen LogP) is 4.82. The Morgan fingerprint density at radius 3 is 2.46 bits per heavy atom. The Labute approximate surface area is 213 Å². The second-order valence-electron chi connectivity index (χ2n) is 9.56. The fourth-order valence-corrected chi connectivity index (χ4v) is 7.12. The maximum atomic E-state index is 13.8. The Morgan fingerprint density at radius 2 is 1.84 bits per heavy atom. The van der Waals surface area contributed by atoms with Gasteiger partial charge in [-0.1, -0.05) is 12.1 Å². The first kappa shape index (κ1) is 26.9. The van der Waals surface area contributed by atoms with Gasteiger partial charge in [-0.3, -0.25) is 4.98 Å². The minimum Gasteiger partial charge on any atom is -0.363 e. The van der Waals surface area contributed by atoms with E-state index in [1.807, 2.05) is 0 Å². The van der Waals surface area contributed by atoms with E-state index in [-0.39, 0.29) is 11.6 Å². The van der Waals surface area contributed by atoms with E-state index in [1.54, 1.807) is 51.2 Å². The van der Waals surface area contributed by atoms with Gasteiger partial charge in [0.2, 0.25) is 0 Å². The number of nitrogens with one attached hydrogen (secondary N) is 1. The van der Waals surface area contributed by atoms with Gasteiger partial charge < -0.3 is 19.7 Å². The van der Waals surface area contributed by atoms with Gasteiger partial charge in [-0.25, -0.2) is 14.8 Å². The van der Waals surface area contributed by atoms with E-state index in [1.165, 1.54) is 17.9 Å². The first-order chi connectivity index (χ1) is 17.3. The molecule has 198 valence electrons. The van der Waals surface area contributed by atoms with E-state index in [9.17, 15) is 22.5 Å². The molecule has 3 heterocycles. The van der Waals surface area contributed by atoms with Crippen LogP contribution in [0.25, 0.3) is 10.9 Å². The highest BCUT2D eigenvalue weighted by Gasteiger charge is 2.35. The van der Waals surface area contributed by atoms with Crippen LogP contribution >= 0.6 is 7.14 Å². The number of aryl methyl sites for hydroxylation is 1. The van der Waals surface area contributed by atoms with Crippen molar-refractivity contribution in [2.24, 2.45) is 0 Å². The van der Waals surface area contributed by atoms with Crippen molar-refractivity contribution in [1.29, 1.82) is 0 Å². The Hall–Kier alpha value is -3.20. The molecule has 37 heavy (non-hydrogen) atoms. The molecule has 1 aromatic carbocycles. The van der Waals surface area contributed by atoms with Gasteiger partial charge >= 0.3 is 12.2 Å². The molecule has 1 N–H and O–H groups in total. The standard InChI is InChI=1S/C25H30F3N6O2P/c1-15-18(7-6-8-20(15)25(26,27)28)16(2)30-23-19-13-22(29-14-21(19)31-17(3)32-23)37(36)11-9-34(10-12-37)24(35)33(4)5/h6-8,13-14,16H,9-12H2,1-5H3,(H,30,31,32)/t16-/m1/s1. The molecule has 1 aliphatic heterocycles. The zero-order chi connectivity index (χ0) is 27.1. The third kappa shape index (κ3) is 5.42. The summed E-state index contributed by atoms with van der Waals surface area (Å²) in [5, 5.41) is 3.84. The third-order valence-corrected chi connectivity index (χ3v) is 9.64. The summed E-state index contributed by atoms with van der Waals surface area (Å²) in [6.45, 7) is 5.69. The normalized spacial score (nSPS) is 16.5. The van der Waals surface area contributed by atoms with E-state index in [0.29, 0.717) is 59.0 Å². The van der Waals surface area contributed by atoms with Crippen molar-refractivity contribution in [3.63, 3.8) is 0 Å². The van der Waals surface area contributed by atoms with Gasteiger partial charge in [-0.15, -0.1) is 0 Å². The second-order valence-corrected chi connectivity index (χ2v) is 12.7. The summed E-state index contributed by atoms with van der Waals surface area (Å²) >= 11 is 0. The number of hydrogen-bond acceptors (Lipinski definition) is 6. The average molecular weight is 535 g/mol. The van der Waals surface area contributed by atoms with Crippen LogP contribution in [0.2, 0.25) is 0 Å². The van der Waals surface area contributed by atoms with Crippen LogP contribution in [0.5, 0.6) is 0 Å². The monoisotopic (exact) mass is 534 g/mol. The Bertz CT molecular complexity index is 1380. The third-order valence-electron chi connectivity index (χ3n) is 6.71. The zero-order valence-corrected chi connectivity index (χ0v) is 22.3. The number of carbonyl (C=O) groups excluding carboxylic acids is 1. The van der Waals surface area contributed by atoms with Gasteiger partial charge in [0.15, 0.2) is 0 Å². The highest BCUT2D eigenvalue weighted by molar-refractivity contribution is 7.71. The van der Waals surface area contributed by atoms with E-state index in [4.69, 9.17) is 0 Å². The fourth-order valence-electron chi connectivity index (χ4n) is 4.67. The number of pyridine rings is 1. The lowest BCUT2D eigenvalue weighted by atomic mass is 9.97. The van der Waals surface area contributed by atoms with Gasteiger partial charge in [-0.05, 0) is 44.0 Å². The molecule has 12 heteroatoms. The molecule has 4 rings (SSSR count). The van der Waals surface area contributed by atoms with Gasteiger partial charge in [-0.2, -0.15) is 13.2 Å². The van der Waals surface area contributed by atoms with E-state index >= 15 is 0 Å². The van der Waals surface area contributed by atoms with Crippen LogP contribution < -0.4 is 10.8 Å². The van der Waals surface area contributed by atoms with Crippen LogP contribution in [-0.4, -0.2) is 70.3 Å². The summed E-state index contributed by atoms with van der Waals surface area (Å²) in [5.41, 5.74) is 0.955. The van der Waals surface area contributed by atoms with Crippen molar-refractivity contribution in [3.05, 3.63) is 53.0 Å². The average Bonchev–Trinajstić information content (AvgIpc) is 2.83. The fraction of sp³-hybridized carbons (Fsp3) is 0.440. The van der Waals surface area contributed by atoms with Crippen molar-refractivity contribution >= 4 is 35.3 Å². The van der Waals surface area contributed by atoms with Crippen molar-refractivity contribution in [1.82, 2.24) is 24.8 Å². The van der Waals surface area contributed by atoms with E-state index in [2.05, 4.69) is 20.3 Å². The molecule has 1 aliphatic rings. The summed E-state index contributed by atoms with van der Waals surface area (Å²) < 4.78 is 54.2. The molecule has 0 radical (unpaired) electrons. The van der Waals surface area contributed by atoms with Crippen molar-refractivity contribution in [3.8, 4) is 0 Å². The SMILES string of the molecule is Cc1nc(N[C@H](C)c2cccc(C(F)(F)F)c2C)c2cc(P3(=O)CCN(C(=O)N(C)C)CC3)ncc2n1. The molecule has 0 aliphatic carbocycles. The number of nitrogens with zero attached hydrogens (tertiary/aromatic N) is 5. The molecule has 1 saturated heterocycles. The summed E-state index contributed by atoms with van der Waals surface area (Å²) in [4.78, 5) is 28.9. The zero-order valence-electron chi connectivity index (χ0n) is 21.4. The minimum absolute atomic E-state index is 0.119. The van der Waals surface area contributed by atoms with Crippen LogP contribution in [-0.2, 0) is 10.7 Å². The van der Waals surface area contributed by atoms with Crippen LogP contribution in [0.4, 0.5) is 23.8 Å². The van der Waals surface area contributed by atoms with Crippen molar-refractivity contribution < 1.29 is 22.5 Å². The largest absolute Gasteiger partial charge is 0.416 e. The molecule has 0 saturated carbocycles. The molecule has 1 fully saturated rings. The number of amides is 2. The topological polar surface area (TPSA) is 91.3 Å². The number of urea groups is 1. The molecule has 0 bridgehead atoms. The van der Waals surface area contributed by atoms with Crippen LogP contribution in [0, 0.1) is 13.8 Å². The molecule has 2 amide bonds. The number of aromatic nitrogens is 3. The smallest absolute Gasteiger partial charge is 0.363 e. The van der Waals surface area contributed by atoms with Crippen molar-refractivity contribution in [2.45, 2.75) is 33.0 Å². The highest BCUT2D eigenvalue weighted by Crippen LogP contribution is 2.46. The lowest BCUT2D eigenvalue weighted by Gasteiger charge is -2.33. The molecule has 0 spiro atoms.